The van der Waals surface area contributed by atoms with Gasteiger partial charge in [-0.3, -0.25) is 0 Å². The fourth-order valence-electron chi connectivity index (χ4n) is 0.804. The van der Waals surface area contributed by atoms with Crippen LogP contribution >= 0.6 is 0 Å². The SMILES string of the molecule is C=CCNc1nnccc1C(=O)O. The van der Waals surface area contributed by atoms with E-state index in [0.29, 0.717) is 6.54 Å². The lowest BCUT2D eigenvalue weighted by molar-refractivity contribution is 0.0697. The highest BCUT2D eigenvalue weighted by Crippen LogP contribution is 2.08. The molecule has 0 atom stereocenters. The normalized spacial score (nSPS) is 9.23. The lowest BCUT2D eigenvalue weighted by Crippen LogP contribution is -2.08. The molecule has 0 aliphatic carbocycles. The Bertz CT molecular complexity index is 325. The van der Waals surface area contributed by atoms with Gasteiger partial charge in [-0.05, 0) is 6.07 Å². The fraction of sp³-hybridized carbons (Fsp3) is 0.125. The van der Waals surface area contributed by atoms with Crippen LogP contribution in [0.25, 0.3) is 0 Å². The molecule has 0 saturated heterocycles. The van der Waals surface area contributed by atoms with E-state index in [9.17, 15) is 4.79 Å². The number of carboxylic acids is 1. The predicted octanol–water partition coefficient (Wildman–Crippen LogP) is 0.773. The third-order valence-electron chi connectivity index (χ3n) is 1.36. The van der Waals surface area contributed by atoms with Crippen LogP contribution in [0.15, 0.2) is 24.9 Å². The minimum absolute atomic E-state index is 0.108. The average molecular weight is 179 g/mol. The first kappa shape index (κ1) is 9.18. The number of nitrogens with one attached hydrogen (secondary N) is 1. The molecule has 5 nitrogen and oxygen atoms in total. The molecule has 0 aliphatic heterocycles. The Labute approximate surface area is 75.1 Å². The molecule has 5 heteroatoms. The van der Waals surface area contributed by atoms with Crippen molar-refractivity contribution < 1.29 is 9.90 Å². The molecule has 0 spiro atoms. The first-order valence-electron chi connectivity index (χ1n) is 3.65. The Balaban J connectivity index is 2.90. The van der Waals surface area contributed by atoms with Crippen molar-refractivity contribution in [2.24, 2.45) is 0 Å². The van der Waals surface area contributed by atoms with Crippen molar-refractivity contribution in [3.8, 4) is 0 Å². The van der Waals surface area contributed by atoms with Gasteiger partial charge in [-0.15, -0.1) is 11.7 Å². The number of anilines is 1. The Morgan fingerprint density at radius 1 is 1.77 bits per heavy atom. The van der Waals surface area contributed by atoms with Gasteiger partial charge < -0.3 is 10.4 Å². The van der Waals surface area contributed by atoms with Crippen LogP contribution in [0.3, 0.4) is 0 Å². The standard InChI is InChI=1S/C8H9N3O2/c1-2-4-9-7-6(8(12)13)3-5-10-11-7/h2-3,5H,1,4H2,(H,9,11)(H,12,13). The molecule has 1 rings (SSSR count). The fourth-order valence-corrected chi connectivity index (χ4v) is 0.804. The Kier molecular flexibility index (Phi) is 2.97. The minimum atomic E-state index is -1.03. The van der Waals surface area contributed by atoms with Gasteiger partial charge in [-0.1, -0.05) is 6.08 Å². The molecule has 1 aromatic rings. The molecule has 0 fully saturated rings. The highest BCUT2D eigenvalue weighted by atomic mass is 16.4. The van der Waals surface area contributed by atoms with Crippen LogP contribution in [-0.2, 0) is 0 Å². The highest BCUT2D eigenvalue weighted by Gasteiger charge is 2.09. The van der Waals surface area contributed by atoms with Crippen molar-refractivity contribution >= 4 is 11.8 Å². The third kappa shape index (κ3) is 2.26. The number of carboxylic acid groups (broad SMARTS) is 1. The Morgan fingerprint density at radius 2 is 2.54 bits per heavy atom. The summed E-state index contributed by atoms with van der Waals surface area (Å²) in [6.45, 7) is 3.95. The van der Waals surface area contributed by atoms with Crippen molar-refractivity contribution in [1.29, 1.82) is 0 Å². The molecule has 1 aromatic heterocycles. The zero-order chi connectivity index (χ0) is 9.68. The maximum Gasteiger partial charge on any atom is 0.339 e. The molecule has 68 valence electrons. The largest absolute Gasteiger partial charge is 0.478 e. The summed E-state index contributed by atoms with van der Waals surface area (Å²) in [6.07, 6.45) is 2.95. The lowest BCUT2D eigenvalue weighted by atomic mass is 10.3. The summed E-state index contributed by atoms with van der Waals surface area (Å²) in [5.41, 5.74) is 0.108. The van der Waals surface area contributed by atoms with Gasteiger partial charge in [0.25, 0.3) is 0 Å². The molecule has 0 saturated carbocycles. The van der Waals surface area contributed by atoms with E-state index in [2.05, 4.69) is 22.1 Å². The van der Waals surface area contributed by atoms with Crippen LogP contribution < -0.4 is 5.32 Å². The van der Waals surface area contributed by atoms with Crippen molar-refractivity contribution in [3.63, 3.8) is 0 Å². The second-order valence-electron chi connectivity index (χ2n) is 2.27. The van der Waals surface area contributed by atoms with E-state index in [4.69, 9.17) is 5.11 Å². The highest BCUT2D eigenvalue weighted by molar-refractivity contribution is 5.92. The average Bonchev–Trinajstić information content (AvgIpc) is 2.15. The molecule has 13 heavy (non-hydrogen) atoms. The summed E-state index contributed by atoms with van der Waals surface area (Å²) in [4.78, 5) is 10.7. The lowest BCUT2D eigenvalue weighted by Gasteiger charge is -2.03. The molecule has 0 unspecified atom stereocenters. The van der Waals surface area contributed by atoms with E-state index >= 15 is 0 Å². The first-order valence-corrected chi connectivity index (χ1v) is 3.65. The predicted molar refractivity (Wildman–Crippen MR) is 47.7 cm³/mol. The van der Waals surface area contributed by atoms with Gasteiger partial charge in [-0.2, -0.15) is 5.10 Å². The monoisotopic (exact) mass is 179 g/mol. The molecule has 1 heterocycles. The van der Waals surface area contributed by atoms with Crippen molar-refractivity contribution in [3.05, 3.63) is 30.5 Å². The van der Waals surface area contributed by atoms with E-state index in [0.717, 1.165) is 0 Å². The first-order chi connectivity index (χ1) is 6.25. The van der Waals surface area contributed by atoms with Crippen molar-refractivity contribution in [1.82, 2.24) is 10.2 Å². The number of nitrogens with zero attached hydrogens (tertiary/aromatic N) is 2. The summed E-state index contributed by atoms with van der Waals surface area (Å²) in [6, 6.07) is 1.39. The molecule has 0 aliphatic rings. The van der Waals surface area contributed by atoms with E-state index in [1.54, 1.807) is 6.08 Å². The molecule has 2 N–H and O–H groups in total. The number of rotatable bonds is 4. The van der Waals surface area contributed by atoms with Crippen molar-refractivity contribution in [2.45, 2.75) is 0 Å². The zero-order valence-electron chi connectivity index (χ0n) is 6.90. The van der Waals surface area contributed by atoms with Gasteiger partial charge in [0.15, 0.2) is 5.82 Å². The van der Waals surface area contributed by atoms with Gasteiger partial charge in [0.2, 0.25) is 0 Å². The number of hydrogen-bond donors (Lipinski definition) is 2. The third-order valence-corrected chi connectivity index (χ3v) is 1.36. The van der Waals surface area contributed by atoms with Crippen LogP contribution in [0.2, 0.25) is 0 Å². The van der Waals surface area contributed by atoms with Gasteiger partial charge in [0.1, 0.15) is 5.56 Å². The second-order valence-corrected chi connectivity index (χ2v) is 2.27. The van der Waals surface area contributed by atoms with E-state index in [-0.39, 0.29) is 11.4 Å². The second kappa shape index (κ2) is 4.20. The molecular formula is C8H9N3O2. The summed E-state index contributed by atoms with van der Waals surface area (Å²) in [5.74, 6) is -0.767. The molecule has 0 amide bonds. The van der Waals surface area contributed by atoms with Crippen molar-refractivity contribution in [2.75, 3.05) is 11.9 Å². The Morgan fingerprint density at radius 3 is 3.15 bits per heavy atom. The number of aromatic carboxylic acids is 1. The summed E-state index contributed by atoms with van der Waals surface area (Å²) in [7, 11) is 0. The number of aromatic nitrogens is 2. The van der Waals surface area contributed by atoms with Crippen LogP contribution in [0, 0.1) is 0 Å². The van der Waals surface area contributed by atoms with Gasteiger partial charge >= 0.3 is 5.97 Å². The maximum atomic E-state index is 10.7. The Hall–Kier alpha value is -1.91. The molecule has 0 aromatic carbocycles. The summed E-state index contributed by atoms with van der Waals surface area (Å²) >= 11 is 0. The smallest absolute Gasteiger partial charge is 0.339 e. The van der Waals surface area contributed by atoms with Crippen LogP contribution in [0.1, 0.15) is 10.4 Å². The van der Waals surface area contributed by atoms with Gasteiger partial charge in [0, 0.05) is 6.54 Å². The zero-order valence-corrected chi connectivity index (χ0v) is 6.90. The van der Waals surface area contributed by atoms with Gasteiger partial charge in [-0.25, -0.2) is 4.79 Å². The summed E-state index contributed by atoms with van der Waals surface area (Å²) < 4.78 is 0. The van der Waals surface area contributed by atoms with Crippen LogP contribution in [0.4, 0.5) is 5.82 Å². The maximum absolute atomic E-state index is 10.7. The van der Waals surface area contributed by atoms with E-state index in [1.165, 1.54) is 12.3 Å². The van der Waals surface area contributed by atoms with Gasteiger partial charge in [0.05, 0.1) is 6.20 Å². The quantitative estimate of drug-likeness (QED) is 0.668. The molecular weight excluding hydrogens is 170 g/mol. The number of hydrogen-bond acceptors (Lipinski definition) is 4. The van der Waals surface area contributed by atoms with E-state index < -0.39 is 5.97 Å². The minimum Gasteiger partial charge on any atom is -0.478 e. The number of carbonyl (C=O) groups is 1. The summed E-state index contributed by atoms with van der Waals surface area (Å²) in [5, 5.41) is 18.7. The molecule has 0 radical (unpaired) electrons. The van der Waals surface area contributed by atoms with Crippen LogP contribution in [-0.4, -0.2) is 27.8 Å². The topological polar surface area (TPSA) is 75.1 Å². The van der Waals surface area contributed by atoms with E-state index in [1.807, 2.05) is 0 Å². The molecule has 0 bridgehead atoms. The van der Waals surface area contributed by atoms with Crippen LogP contribution in [0.5, 0.6) is 0 Å².